The predicted molar refractivity (Wildman–Crippen MR) is 37.8 cm³/mol. The lowest BCUT2D eigenvalue weighted by Crippen LogP contribution is -2.44. The zero-order chi connectivity index (χ0) is 8.27. The summed E-state index contributed by atoms with van der Waals surface area (Å²) in [5, 5.41) is 0. The quantitative estimate of drug-likeness (QED) is 0.521. The van der Waals surface area contributed by atoms with Gasteiger partial charge < -0.3 is 9.64 Å². The zero-order valence-electron chi connectivity index (χ0n) is 6.50. The molecule has 4 nitrogen and oxygen atoms in total. The fraction of sp³-hybridized carbons (Fsp3) is 0.714. The van der Waals surface area contributed by atoms with E-state index in [9.17, 15) is 9.59 Å². The van der Waals surface area contributed by atoms with Crippen LogP contribution in [0, 0.1) is 0 Å². The Kier molecular flexibility index (Phi) is 2.46. The highest BCUT2D eigenvalue weighted by Crippen LogP contribution is 2.05. The second-order valence-electron chi connectivity index (χ2n) is 2.51. The van der Waals surface area contributed by atoms with Crippen LogP contribution in [0.15, 0.2) is 0 Å². The van der Waals surface area contributed by atoms with Crippen LogP contribution in [0.5, 0.6) is 0 Å². The number of carbonyl (C=O) groups is 2. The van der Waals surface area contributed by atoms with Gasteiger partial charge in [-0.25, -0.2) is 0 Å². The van der Waals surface area contributed by atoms with Crippen molar-refractivity contribution in [2.24, 2.45) is 0 Å². The Labute approximate surface area is 65.1 Å². The predicted octanol–water partition coefficient (Wildman–Crippen LogP) is -0.218. The van der Waals surface area contributed by atoms with Gasteiger partial charge in [-0.05, 0) is 6.42 Å². The van der Waals surface area contributed by atoms with Gasteiger partial charge in [0.1, 0.15) is 0 Å². The zero-order valence-corrected chi connectivity index (χ0v) is 6.50. The van der Waals surface area contributed by atoms with Gasteiger partial charge in [0.25, 0.3) is 5.91 Å². The molecule has 1 saturated heterocycles. The van der Waals surface area contributed by atoms with E-state index in [2.05, 4.69) is 4.74 Å². The van der Waals surface area contributed by atoms with Crippen molar-refractivity contribution in [1.29, 1.82) is 0 Å². The largest absolute Gasteiger partial charge is 0.456 e. The number of hydrogen-bond donors (Lipinski definition) is 0. The number of likely N-dealkylation sites (tertiary alicyclic amines) is 1. The molecule has 1 rings (SSSR count). The molecule has 0 aromatic carbocycles. The summed E-state index contributed by atoms with van der Waals surface area (Å²) in [5.41, 5.74) is 0. The lowest BCUT2D eigenvalue weighted by molar-refractivity contribution is -0.151. The minimum absolute atomic E-state index is 0.0912. The van der Waals surface area contributed by atoms with E-state index in [0.717, 1.165) is 19.5 Å². The maximum atomic E-state index is 11.0. The monoisotopic (exact) mass is 157 g/mol. The number of carbonyl (C=O) groups excluding carboxylic acids is 2. The van der Waals surface area contributed by atoms with Crippen LogP contribution in [0.25, 0.3) is 0 Å². The summed E-state index contributed by atoms with van der Waals surface area (Å²) in [4.78, 5) is 22.9. The standard InChI is InChI=1S/C7H11NO3/c1-6(9)11-5-7(10)8-3-2-4-8/h2-5H2,1H3. The highest BCUT2D eigenvalue weighted by molar-refractivity contribution is 5.80. The number of nitrogens with zero attached hydrogens (tertiary/aromatic N) is 1. The fourth-order valence-corrected chi connectivity index (χ4v) is 0.820. The molecule has 0 radical (unpaired) electrons. The van der Waals surface area contributed by atoms with Gasteiger partial charge in [-0.2, -0.15) is 0 Å². The summed E-state index contributed by atoms with van der Waals surface area (Å²) in [7, 11) is 0. The van der Waals surface area contributed by atoms with E-state index in [4.69, 9.17) is 0 Å². The number of hydrogen-bond acceptors (Lipinski definition) is 3. The third kappa shape index (κ3) is 2.22. The van der Waals surface area contributed by atoms with E-state index in [1.807, 2.05) is 0 Å². The van der Waals surface area contributed by atoms with Crippen LogP contribution in [0.2, 0.25) is 0 Å². The van der Waals surface area contributed by atoms with Crippen LogP contribution in [-0.4, -0.2) is 36.5 Å². The van der Waals surface area contributed by atoms with Gasteiger partial charge in [0.2, 0.25) is 0 Å². The average molecular weight is 157 g/mol. The summed E-state index contributed by atoms with van der Waals surface area (Å²) < 4.78 is 4.53. The van der Waals surface area contributed by atoms with Crippen molar-refractivity contribution >= 4 is 11.9 Å². The molecule has 0 unspecified atom stereocenters. The molecule has 1 amide bonds. The smallest absolute Gasteiger partial charge is 0.303 e. The highest BCUT2D eigenvalue weighted by Gasteiger charge is 2.20. The van der Waals surface area contributed by atoms with Crippen LogP contribution in [0.3, 0.4) is 0 Å². The molecule has 4 heteroatoms. The van der Waals surface area contributed by atoms with Crippen LogP contribution < -0.4 is 0 Å². The second kappa shape index (κ2) is 3.37. The molecule has 62 valence electrons. The van der Waals surface area contributed by atoms with Gasteiger partial charge in [0.15, 0.2) is 6.61 Å². The number of rotatable bonds is 2. The molecular formula is C7H11NO3. The van der Waals surface area contributed by atoms with E-state index in [1.165, 1.54) is 6.92 Å². The molecule has 0 spiro atoms. The summed E-state index contributed by atoms with van der Waals surface area (Å²) in [6, 6.07) is 0. The van der Waals surface area contributed by atoms with Crippen molar-refractivity contribution in [1.82, 2.24) is 4.90 Å². The molecule has 1 fully saturated rings. The third-order valence-electron chi connectivity index (χ3n) is 1.61. The molecule has 0 aromatic heterocycles. The number of ether oxygens (including phenoxy) is 1. The Balaban J connectivity index is 2.15. The fourth-order valence-electron chi connectivity index (χ4n) is 0.820. The van der Waals surface area contributed by atoms with Gasteiger partial charge >= 0.3 is 5.97 Å². The normalized spacial score (nSPS) is 15.5. The van der Waals surface area contributed by atoms with E-state index in [1.54, 1.807) is 4.90 Å². The van der Waals surface area contributed by atoms with Gasteiger partial charge in [-0.1, -0.05) is 0 Å². The molecule has 0 saturated carbocycles. The Morgan fingerprint density at radius 1 is 1.45 bits per heavy atom. The van der Waals surface area contributed by atoms with Crippen molar-refractivity contribution in [3.8, 4) is 0 Å². The van der Waals surface area contributed by atoms with E-state index >= 15 is 0 Å². The maximum absolute atomic E-state index is 11.0. The first-order valence-corrected chi connectivity index (χ1v) is 3.61. The van der Waals surface area contributed by atoms with E-state index < -0.39 is 5.97 Å². The van der Waals surface area contributed by atoms with Crippen LogP contribution in [0.1, 0.15) is 13.3 Å². The van der Waals surface area contributed by atoms with Gasteiger partial charge in [0, 0.05) is 20.0 Å². The second-order valence-corrected chi connectivity index (χ2v) is 2.51. The van der Waals surface area contributed by atoms with Crippen LogP contribution in [0.4, 0.5) is 0 Å². The topological polar surface area (TPSA) is 46.6 Å². The van der Waals surface area contributed by atoms with Crippen molar-refractivity contribution in [2.45, 2.75) is 13.3 Å². The molecule has 1 aliphatic heterocycles. The minimum Gasteiger partial charge on any atom is -0.456 e. The first-order chi connectivity index (χ1) is 5.20. The third-order valence-corrected chi connectivity index (χ3v) is 1.61. The molecule has 1 aliphatic rings. The van der Waals surface area contributed by atoms with Crippen molar-refractivity contribution in [3.63, 3.8) is 0 Å². The molecule has 0 aromatic rings. The lowest BCUT2D eigenvalue weighted by atomic mass is 10.2. The summed E-state index contributed by atoms with van der Waals surface area (Å²) in [6.07, 6.45) is 1.06. The first-order valence-electron chi connectivity index (χ1n) is 3.61. The van der Waals surface area contributed by atoms with Crippen molar-refractivity contribution in [2.75, 3.05) is 19.7 Å². The van der Waals surface area contributed by atoms with E-state index in [0.29, 0.717) is 0 Å². The summed E-state index contributed by atoms with van der Waals surface area (Å²) in [6.45, 7) is 2.80. The molecule has 0 atom stereocenters. The molecule has 0 N–H and O–H groups in total. The van der Waals surface area contributed by atoms with Crippen molar-refractivity contribution in [3.05, 3.63) is 0 Å². The summed E-state index contributed by atoms with van der Waals surface area (Å²) >= 11 is 0. The molecule has 0 aliphatic carbocycles. The Morgan fingerprint density at radius 3 is 2.45 bits per heavy atom. The van der Waals surface area contributed by atoms with E-state index in [-0.39, 0.29) is 12.5 Å². The molecule has 11 heavy (non-hydrogen) atoms. The first kappa shape index (κ1) is 8.04. The highest BCUT2D eigenvalue weighted by atomic mass is 16.5. The molecule has 1 heterocycles. The maximum Gasteiger partial charge on any atom is 0.303 e. The van der Waals surface area contributed by atoms with Crippen LogP contribution in [-0.2, 0) is 14.3 Å². The van der Waals surface area contributed by atoms with Crippen molar-refractivity contribution < 1.29 is 14.3 Å². The van der Waals surface area contributed by atoms with Gasteiger partial charge in [-0.15, -0.1) is 0 Å². The van der Waals surface area contributed by atoms with Gasteiger partial charge in [0.05, 0.1) is 0 Å². The Bertz CT molecular complexity index is 175. The average Bonchev–Trinajstić information content (AvgIpc) is 1.79. The minimum atomic E-state index is -0.404. The SMILES string of the molecule is CC(=O)OCC(=O)N1CCC1. The molecular weight excluding hydrogens is 146 g/mol. The number of amides is 1. The Morgan fingerprint density at radius 2 is 2.09 bits per heavy atom. The lowest BCUT2D eigenvalue weighted by Gasteiger charge is -2.30. The van der Waals surface area contributed by atoms with Gasteiger partial charge in [-0.3, -0.25) is 9.59 Å². The summed E-state index contributed by atoms with van der Waals surface area (Å²) in [5.74, 6) is -0.495. The Hall–Kier alpha value is -1.06. The number of esters is 1. The molecule has 0 bridgehead atoms. The van der Waals surface area contributed by atoms with Crippen LogP contribution >= 0.6 is 0 Å².